The van der Waals surface area contributed by atoms with Gasteiger partial charge in [0, 0.05) is 11.1 Å². The molecule has 6 nitrogen and oxygen atoms in total. The molecule has 4 N–H and O–H groups in total. The minimum Gasteiger partial charge on any atom is -0.389 e. The van der Waals surface area contributed by atoms with E-state index in [1.165, 1.54) is 25.1 Å². The molecule has 0 spiro atoms. The molecule has 1 amide bonds. The van der Waals surface area contributed by atoms with Gasteiger partial charge < -0.3 is 10.8 Å². The highest BCUT2D eigenvalue weighted by molar-refractivity contribution is 7.92. The maximum atomic E-state index is 11.2. The van der Waals surface area contributed by atoms with E-state index in [4.69, 9.17) is 5.73 Å². The average molecular weight is 258 g/mol. The first-order valence-corrected chi connectivity index (χ1v) is 6.70. The number of rotatable bonds is 4. The summed E-state index contributed by atoms with van der Waals surface area (Å²) in [5.41, 5.74) is 5.57. The van der Waals surface area contributed by atoms with Gasteiger partial charge in [0.25, 0.3) is 0 Å². The number of hydrogen-bond acceptors (Lipinski definition) is 4. The Balaban J connectivity index is 3.40. The van der Waals surface area contributed by atoms with Gasteiger partial charge >= 0.3 is 0 Å². The number of hydrogen-bond donors (Lipinski definition) is 3. The Morgan fingerprint density at radius 2 is 2.06 bits per heavy atom. The molecule has 7 heteroatoms. The molecule has 1 rings (SSSR count). The first kappa shape index (κ1) is 13.5. The zero-order chi connectivity index (χ0) is 13.2. The van der Waals surface area contributed by atoms with Crippen LogP contribution in [0, 0.1) is 0 Å². The van der Waals surface area contributed by atoms with Crippen LogP contribution in [-0.2, 0) is 10.0 Å². The van der Waals surface area contributed by atoms with Gasteiger partial charge in [-0.15, -0.1) is 0 Å². The standard InChI is InChI=1S/C10H14N2O4S/c1-6(13)9-7(10(11)14)4-3-5-8(9)12-17(2,15)16/h3-6,12-13H,1-2H3,(H2,11,14). The molecule has 0 saturated heterocycles. The summed E-state index contributed by atoms with van der Waals surface area (Å²) in [7, 11) is -3.49. The van der Waals surface area contributed by atoms with Crippen molar-refractivity contribution >= 4 is 21.6 Å². The molecule has 0 aromatic heterocycles. The number of aliphatic hydroxyl groups excluding tert-OH is 1. The number of aliphatic hydroxyl groups is 1. The molecular weight excluding hydrogens is 244 g/mol. The summed E-state index contributed by atoms with van der Waals surface area (Å²) in [5.74, 6) is -0.724. The smallest absolute Gasteiger partial charge is 0.249 e. The lowest BCUT2D eigenvalue weighted by Crippen LogP contribution is -2.18. The fourth-order valence-corrected chi connectivity index (χ4v) is 2.10. The number of sulfonamides is 1. The van der Waals surface area contributed by atoms with E-state index in [1.807, 2.05) is 0 Å². The third-order valence-corrected chi connectivity index (χ3v) is 2.68. The predicted molar refractivity (Wildman–Crippen MR) is 64.1 cm³/mol. The normalized spacial score (nSPS) is 13.1. The lowest BCUT2D eigenvalue weighted by Gasteiger charge is -2.15. The molecule has 1 atom stereocenters. The number of carbonyl (C=O) groups is 1. The van der Waals surface area contributed by atoms with Crippen LogP contribution in [0.25, 0.3) is 0 Å². The monoisotopic (exact) mass is 258 g/mol. The average Bonchev–Trinajstić information content (AvgIpc) is 2.14. The largest absolute Gasteiger partial charge is 0.389 e. The molecule has 1 unspecified atom stereocenters. The van der Waals surface area contributed by atoms with Crippen molar-refractivity contribution in [2.75, 3.05) is 11.0 Å². The Morgan fingerprint density at radius 1 is 1.47 bits per heavy atom. The molecule has 17 heavy (non-hydrogen) atoms. The Labute approximate surface area is 99.5 Å². The van der Waals surface area contributed by atoms with Crippen LogP contribution in [0.2, 0.25) is 0 Å². The first-order chi connectivity index (χ1) is 7.72. The second-order valence-corrected chi connectivity index (χ2v) is 5.43. The van der Waals surface area contributed by atoms with Crippen molar-refractivity contribution in [2.45, 2.75) is 13.0 Å². The van der Waals surface area contributed by atoms with Crippen molar-refractivity contribution in [3.05, 3.63) is 29.3 Å². The van der Waals surface area contributed by atoms with Crippen LogP contribution in [0.3, 0.4) is 0 Å². The van der Waals surface area contributed by atoms with Gasteiger partial charge in [-0.3, -0.25) is 9.52 Å². The highest BCUT2D eigenvalue weighted by Crippen LogP contribution is 2.27. The molecule has 0 bridgehead atoms. The Morgan fingerprint density at radius 3 is 2.47 bits per heavy atom. The highest BCUT2D eigenvalue weighted by atomic mass is 32.2. The fraction of sp³-hybridized carbons (Fsp3) is 0.300. The third kappa shape index (κ3) is 3.43. The highest BCUT2D eigenvalue weighted by Gasteiger charge is 2.18. The van der Waals surface area contributed by atoms with Gasteiger partial charge in [0.15, 0.2) is 0 Å². The number of nitrogens with two attached hydrogens (primary N) is 1. The van der Waals surface area contributed by atoms with Crippen molar-refractivity contribution in [3.8, 4) is 0 Å². The molecule has 0 aliphatic rings. The molecule has 0 aliphatic carbocycles. The minimum atomic E-state index is -3.49. The maximum absolute atomic E-state index is 11.2. The molecule has 0 radical (unpaired) electrons. The van der Waals surface area contributed by atoms with Gasteiger partial charge in [-0.25, -0.2) is 8.42 Å². The summed E-state index contributed by atoms with van der Waals surface area (Å²) in [6, 6.07) is 4.37. The molecule has 0 aliphatic heterocycles. The molecule has 0 fully saturated rings. The molecule has 0 heterocycles. The van der Waals surface area contributed by atoms with E-state index < -0.39 is 22.0 Å². The molecule has 0 saturated carbocycles. The summed E-state index contributed by atoms with van der Waals surface area (Å²) < 4.78 is 24.5. The summed E-state index contributed by atoms with van der Waals surface area (Å²) in [6.07, 6.45) is -0.0293. The zero-order valence-corrected chi connectivity index (χ0v) is 10.3. The van der Waals surface area contributed by atoms with Crippen molar-refractivity contribution in [3.63, 3.8) is 0 Å². The first-order valence-electron chi connectivity index (χ1n) is 4.81. The number of carbonyl (C=O) groups excluding carboxylic acids is 1. The summed E-state index contributed by atoms with van der Waals surface area (Å²) in [4.78, 5) is 11.2. The molecule has 94 valence electrons. The van der Waals surface area contributed by atoms with Crippen molar-refractivity contribution in [2.24, 2.45) is 5.73 Å². The summed E-state index contributed by atoms with van der Waals surface area (Å²) in [6.45, 7) is 1.43. The van der Waals surface area contributed by atoms with Gasteiger partial charge in [-0.05, 0) is 19.1 Å². The SMILES string of the molecule is CC(O)c1c(NS(C)(=O)=O)cccc1C(N)=O. The zero-order valence-electron chi connectivity index (χ0n) is 9.47. The van der Waals surface area contributed by atoms with E-state index in [0.717, 1.165) is 6.26 Å². The fourth-order valence-electron chi connectivity index (χ4n) is 1.52. The Bertz CT molecular complexity index is 537. The molecule has 1 aromatic rings. The number of benzene rings is 1. The minimum absolute atomic E-state index is 0.0913. The van der Waals surface area contributed by atoms with Crippen LogP contribution in [0.4, 0.5) is 5.69 Å². The topological polar surface area (TPSA) is 109 Å². The van der Waals surface area contributed by atoms with Crippen LogP contribution in [0.5, 0.6) is 0 Å². The predicted octanol–water partition coefficient (Wildman–Crippen LogP) is 0.210. The van der Waals surface area contributed by atoms with E-state index in [9.17, 15) is 18.3 Å². The number of nitrogens with one attached hydrogen (secondary N) is 1. The van der Waals surface area contributed by atoms with Crippen molar-refractivity contribution in [1.29, 1.82) is 0 Å². The lowest BCUT2D eigenvalue weighted by molar-refractivity contribution is 0.0994. The van der Waals surface area contributed by atoms with Crippen LogP contribution in [-0.4, -0.2) is 25.7 Å². The van der Waals surface area contributed by atoms with E-state index in [2.05, 4.69) is 4.72 Å². The van der Waals surface area contributed by atoms with Gasteiger partial charge in [0.2, 0.25) is 15.9 Å². The lowest BCUT2D eigenvalue weighted by atomic mass is 10.0. The number of amides is 1. The van der Waals surface area contributed by atoms with Crippen LogP contribution in [0.1, 0.15) is 28.9 Å². The molecule has 1 aromatic carbocycles. The van der Waals surface area contributed by atoms with Gasteiger partial charge in [0.05, 0.1) is 18.0 Å². The van der Waals surface area contributed by atoms with Gasteiger partial charge in [0.1, 0.15) is 0 Å². The summed E-state index contributed by atoms with van der Waals surface area (Å²) in [5, 5.41) is 9.59. The number of anilines is 1. The van der Waals surface area contributed by atoms with Crippen molar-refractivity contribution in [1.82, 2.24) is 0 Å². The Hall–Kier alpha value is -1.60. The van der Waals surface area contributed by atoms with Gasteiger partial charge in [-0.1, -0.05) is 6.07 Å². The van der Waals surface area contributed by atoms with E-state index in [0.29, 0.717) is 0 Å². The van der Waals surface area contributed by atoms with Crippen molar-refractivity contribution < 1.29 is 18.3 Å². The van der Waals surface area contributed by atoms with Gasteiger partial charge in [-0.2, -0.15) is 0 Å². The van der Waals surface area contributed by atoms with Crippen LogP contribution in [0.15, 0.2) is 18.2 Å². The second kappa shape index (κ2) is 4.72. The quantitative estimate of drug-likeness (QED) is 0.717. The van der Waals surface area contributed by atoms with Crippen LogP contribution < -0.4 is 10.5 Å². The van der Waals surface area contributed by atoms with Crippen LogP contribution >= 0.6 is 0 Å². The maximum Gasteiger partial charge on any atom is 0.249 e. The van der Waals surface area contributed by atoms with E-state index >= 15 is 0 Å². The summed E-state index contributed by atoms with van der Waals surface area (Å²) >= 11 is 0. The van der Waals surface area contributed by atoms with E-state index in [1.54, 1.807) is 0 Å². The molecular formula is C10H14N2O4S. The third-order valence-electron chi connectivity index (χ3n) is 2.08. The Kier molecular flexibility index (Phi) is 3.74. The second-order valence-electron chi connectivity index (χ2n) is 3.68. The number of primary amides is 1. The van der Waals surface area contributed by atoms with E-state index in [-0.39, 0.29) is 16.8 Å².